The van der Waals surface area contributed by atoms with E-state index in [1.54, 1.807) is 12.4 Å². The molecule has 116 valence electrons. The predicted molar refractivity (Wildman–Crippen MR) is 82.3 cm³/mol. The Morgan fingerprint density at radius 3 is 3.09 bits per heavy atom. The molecule has 22 heavy (non-hydrogen) atoms. The largest absolute Gasteiger partial charge is 0.376 e. The van der Waals surface area contributed by atoms with Crippen LogP contribution in [-0.4, -0.2) is 51.1 Å². The van der Waals surface area contributed by atoms with Crippen molar-refractivity contribution in [3.63, 3.8) is 0 Å². The summed E-state index contributed by atoms with van der Waals surface area (Å²) in [6, 6.07) is 3.70. The lowest BCUT2D eigenvalue weighted by Gasteiger charge is -2.09. The SMILES string of the molecule is O=C(CSc1n[nH]c(-c2ccncc2)n1)NC[C@@H]1CCCO1. The average Bonchev–Trinajstić information content (AvgIpc) is 3.23. The number of aromatic amines is 1. The third-order valence-electron chi connectivity index (χ3n) is 3.30. The second-order valence-corrected chi connectivity index (χ2v) is 5.87. The van der Waals surface area contributed by atoms with Crippen LogP contribution in [0.4, 0.5) is 0 Å². The number of nitrogens with zero attached hydrogens (tertiary/aromatic N) is 3. The minimum Gasteiger partial charge on any atom is -0.376 e. The van der Waals surface area contributed by atoms with Gasteiger partial charge in [0.1, 0.15) is 0 Å². The Hall–Kier alpha value is -1.93. The van der Waals surface area contributed by atoms with E-state index in [4.69, 9.17) is 4.74 Å². The highest BCUT2D eigenvalue weighted by atomic mass is 32.2. The topological polar surface area (TPSA) is 92.8 Å². The summed E-state index contributed by atoms with van der Waals surface area (Å²) in [4.78, 5) is 20.1. The van der Waals surface area contributed by atoms with Gasteiger partial charge in [-0.15, -0.1) is 5.10 Å². The number of hydrogen-bond acceptors (Lipinski definition) is 6. The highest BCUT2D eigenvalue weighted by molar-refractivity contribution is 7.99. The van der Waals surface area contributed by atoms with Gasteiger partial charge in [0.25, 0.3) is 0 Å². The molecule has 0 unspecified atom stereocenters. The van der Waals surface area contributed by atoms with Gasteiger partial charge in [-0.05, 0) is 25.0 Å². The summed E-state index contributed by atoms with van der Waals surface area (Å²) in [5, 5.41) is 10.4. The number of ether oxygens (including phenoxy) is 1. The summed E-state index contributed by atoms with van der Waals surface area (Å²) in [5.74, 6) is 0.931. The maximum absolute atomic E-state index is 11.8. The van der Waals surface area contributed by atoms with Crippen LogP contribution in [0.1, 0.15) is 12.8 Å². The lowest BCUT2D eigenvalue weighted by Crippen LogP contribution is -2.32. The van der Waals surface area contributed by atoms with Crippen LogP contribution in [0.5, 0.6) is 0 Å². The van der Waals surface area contributed by atoms with Crippen molar-refractivity contribution in [1.29, 1.82) is 0 Å². The van der Waals surface area contributed by atoms with Crippen LogP contribution in [0.3, 0.4) is 0 Å². The fourth-order valence-electron chi connectivity index (χ4n) is 2.16. The average molecular weight is 319 g/mol. The molecule has 3 rings (SSSR count). The molecule has 1 aliphatic heterocycles. The number of aromatic nitrogens is 4. The molecule has 8 heteroatoms. The van der Waals surface area contributed by atoms with E-state index < -0.39 is 0 Å². The summed E-state index contributed by atoms with van der Waals surface area (Å²) < 4.78 is 5.46. The normalized spacial score (nSPS) is 17.5. The van der Waals surface area contributed by atoms with Gasteiger partial charge in [0.2, 0.25) is 11.1 Å². The lowest BCUT2D eigenvalue weighted by atomic mass is 10.2. The minimum atomic E-state index is -0.0317. The molecule has 0 bridgehead atoms. The first-order valence-electron chi connectivity index (χ1n) is 7.15. The Labute approximate surface area is 132 Å². The Morgan fingerprint density at radius 1 is 1.45 bits per heavy atom. The van der Waals surface area contributed by atoms with Crippen molar-refractivity contribution in [3.8, 4) is 11.4 Å². The number of rotatable bonds is 6. The fourth-order valence-corrected chi connectivity index (χ4v) is 2.79. The van der Waals surface area contributed by atoms with E-state index in [-0.39, 0.29) is 12.0 Å². The van der Waals surface area contributed by atoms with Crippen molar-refractivity contribution in [2.75, 3.05) is 18.9 Å². The smallest absolute Gasteiger partial charge is 0.230 e. The van der Waals surface area contributed by atoms with Crippen molar-refractivity contribution in [2.45, 2.75) is 24.1 Å². The summed E-state index contributed by atoms with van der Waals surface area (Å²) in [6.45, 7) is 1.37. The number of carbonyl (C=O) groups is 1. The van der Waals surface area contributed by atoms with Crippen molar-refractivity contribution >= 4 is 17.7 Å². The molecule has 7 nitrogen and oxygen atoms in total. The third-order valence-corrected chi connectivity index (χ3v) is 4.15. The van der Waals surface area contributed by atoms with E-state index in [1.165, 1.54) is 11.8 Å². The number of hydrogen-bond donors (Lipinski definition) is 2. The van der Waals surface area contributed by atoms with Gasteiger partial charge in [0.15, 0.2) is 5.82 Å². The number of thioether (sulfide) groups is 1. The number of H-pyrrole nitrogens is 1. The lowest BCUT2D eigenvalue weighted by molar-refractivity contribution is -0.119. The summed E-state index contributed by atoms with van der Waals surface area (Å²) in [6.07, 6.45) is 5.65. The molecule has 0 aromatic carbocycles. The summed E-state index contributed by atoms with van der Waals surface area (Å²) in [5.41, 5.74) is 0.914. The molecule has 1 aliphatic rings. The van der Waals surface area contributed by atoms with Crippen LogP contribution in [0, 0.1) is 0 Å². The first kappa shape index (κ1) is 15.0. The van der Waals surface area contributed by atoms with Crippen LogP contribution in [0.25, 0.3) is 11.4 Å². The predicted octanol–water partition coefficient (Wildman–Crippen LogP) is 1.25. The van der Waals surface area contributed by atoms with E-state index in [2.05, 4.69) is 25.5 Å². The Bertz CT molecular complexity index is 613. The highest BCUT2D eigenvalue weighted by Gasteiger charge is 2.16. The Balaban J connectivity index is 1.45. The van der Waals surface area contributed by atoms with Crippen LogP contribution in [0.15, 0.2) is 29.7 Å². The van der Waals surface area contributed by atoms with Crippen molar-refractivity contribution < 1.29 is 9.53 Å². The van der Waals surface area contributed by atoms with Crippen LogP contribution in [0.2, 0.25) is 0 Å². The molecule has 1 atom stereocenters. The third kappa shape index (κ3) is 4.05. The number of pyridine rings is 1. The van der Waals surface area contributed by atoms with Gasteiger partial charge in [-0.3, -0.25) is 14.9 Å². The Morgan fingerprint density at radius 2 is 2.32 bits per heavy atom. The zero-order valence-electron chi connectivity index (χ0n) is 12.0. The molecule has 0 saturated carbocycles. The van der Waals surface area contributed by atoms with E-state index in [0.717, 1.165) is 25.0 Å². The van der Waals surface area contributed by atoms with Gasteiger partial charge >= 0.3 is 0 Å². The zero-order chi connectivity index (χ0) is 15.2. The van der Waals surface area contributed by atoms with Crippen molar-refractivity contribution in [2.24, 2.45) is 0 Å². The first-order valence-corrected chi connectivity index (χ1v) is 8.14. The molecule has 2 aromatic rings. The van der Waals surface area contributed by atoms with Crippen molar-refractivity contribution in [1.82, 2.24) is 25.5 Å². The fraction of sp³-hybridized carbons (Fsp3) is 0.429. The second kappa shape index (κ2) is 7.37. The van der Waals surface area contributed by atoms with Gasteiger partial charge in [-0.2, -0.15) is 0 Å². The second-order valence-electron chi connectivity index (χ2n) is 4.93. The maximum Gasteiger partial charge on any atom is 0.230 e. The molecular formula is C14H17N5O2S. The van der Waals surface area contributed by atoms with E-state index in [9.17, 15) is 4.79 Å². The first-order chi connectivity index (χ1) is 10.8. The number of amides is 1. The molecule has 2 N–H and O–H groups in total. The molecule has 0 radical (unpaired) electrons. The van der Waals surface area contributed by atoms with Crippen LogP contribution in [-0.2, 0) is 9.53 Å². The molecule has 1 fully saturated rings. The monoisotopic (exact) mass is 319 g/mol. The minimum absolute atomic E-state index is 0.0317. The van der Waals surface area contributed by atoms with Gasteiger partial charge in [0.05, 0.1) is 11.9 Å². The zero-order valence-corrected chi connectivity index (χ0v) is 12.8. The van der Waals surface area contributed by atoms with E-state index in [1.807, 2.05) is 12.1 Å². The highest BCUT2D eigenvalue weighted by Crippen LogP contribution is 2.18. The van der Waals surface area contributed by atoms with Gasteiger partial charge in [-0.1, -0.05) is 11.8 Å². The molecular weight excluding hydrogens is 302 g/mol. The number of carbonyl (C=O) groups excluding carboxylic acids is 1. The summed E-state index contributed by atoms with van der Waals surface area (Å²) in [7, 11) is 0. The molecule has 3 heterocycles. The van der Waals surface area contributed by atoms with E-state index in [0.29, 0.717) is 23.3 Å². The van der Waals surface area contributed by atoms with Gasteiger partial charge < -0.3 is 10.1 Å². The summed E-state index contributed by atoms with van der Waals surface area (Å²) >= 11 is 1.30. The molecule has 1 amide bonds. The molecule has 0 aliphatic carbocycles. The molecule has 2 aromatic heterocycles. The van der Waals surface area contributed by atoms with Crippen molar-refractivity contribution in [3.05, 3.63) is 24.5 Å². The number of nitrogens with one attached hydrogen (secondary N) is 2. The molecule has 0 spiro atoms. The van der Waals surface area contributed by atoms with Gasteiger partial charge in [-0.25, -0.2) is 4.98 Å². The van der Waals surface area contributed by atoms with Crippen LogP contribution >= 0.6 is 11.8 Å². The standard InChI is InChI=1S/C14H17N5O2S/c20-12(16-8-11-2-1-7-21-11)9-22-14-17-13(18-19-14)10-3-5-15-6-4-10/h3-6,11H,1-2,7-9H2,(H,16,20)(H,17,18,19)/t11-/m0/s1. The van der Waals surface area contributed by atoms with Crippen LogP contribution < -0.4 is 5.32 Å². The quantitative estimate of drug-likeness (QED) is 0.779. The Kier molecular flexibility index (Phi) is 5.02. The molecule has 1 saturated heterocycles. The van der Waals surface area contributed by atoms with E-state index >= 15 is 0 Å². The maximum atomic E-state index is 11.8. The van der Waals surface area contributed by atoms with Gasteiger partial charge in [0, 0.05) is 31.1 Å².